The van der Waals surface area contributed by atoms with Crippen LogP contribution in [-0.2, 0) is 14.8 Å². The topological polar surface area (TPSA) is 122 Å². The van der Waals surface area contributed by atoms with E-state index >= 15 is 0 Å². The second-order valence-electron chi connectivity index (χ2n) is 4.92. The normalized spacial score (nSPS) is 18.5. The standard InChI is InChI=1S/C11H14ClN3O4S/c1-11(10(16)17,6-2-3-6)15-20(18,19)8-4-7(12)5-14-9(8)13/h4-6,15H,2-3H2,1H3,(H2,13,14)(H,16,17). The van der Waals surface area contributed by atoms with E-state index in [9.17, 15) is 18.3 Å². The number of anilines is 1. The minimum Gasteiger partial charge on any atom is -0.480 e. The van der Waals surface area contributed by atoms with E-state index in [0.29, 0.717) is 12.8 Å². The number of sulfonamides is 1. The highest BCUT2D eigenvalue weighted by Crippen LogP contribution is 2.40. The fraction of sp³-hybridized carbons (Fsp3) is 0.455. The van der Waals surface area contributed by atoms with Gasteiger partial charge in [-0.3, -0.25) is 4.79 Å². The van der Waals surface area contributed by atoms with Crippen LogP contribution in [0.25, 0.3) is 0 Å². The first-order valence-electron chi connectivity index (χ1n) is 5.85. The molecule has 2 rings (SSSR count). The van der Waals surface area contributed by atoms with Crippen LogP contribution in [0.2, 0.25) is 5.02 Å². The Morgan fingerprint density at radius 1 is 1.60 bits per heavy atom. The molecule has 0 aromatic carbocycles. The van der Waals surface area contributed by atoms with Gasteiger partial charge in [0.25, 0.3) is 0 Å². The summed E-state index contributed by atoms with van der Waals surface area (Å²) < 4.78 is 26.8. The summed E-state index contributed by atoms with van der Waals surface area (Å²) in [7, 11) is -4.12. The molecule has 1 aliphatic rings. The maximum absolute atomic E-state index is 12.3. The largest absolute Gasteiger partial charge is 0.480 e. The number of halogens is 1. The van der Waals surface area contributed by atoms with Gasteiger partial charge in [-0.1, -0.05) is 11.6 Å². The van der Waals surface area contributed by atoms with E-state index in [1.165, 1.54) is 13.1 Å². The van der Waals surface area contributed by atoms with E-state index in [1.54, 1.807) is 0 Å². The monoisotopic (exact) mass is 319 g/mol. The maximum atomic E-state index is 12.3. The molecule has 0 spiro atoms. The lowest BCUT2D eigenvalue weighted by molar-refractivity contribution is -0.144. The molecule has 1 aromatic rings. The fourth-order valence-electron chi connectivity index (χ4n) is 1.94. The molecule has 0 radical (unpaired) electrons. The molecule has 1 saturated carbocycles. The van der Waals surface area contributed by atoms with E-state index in [0.717, 1.165) is 6.07 Å². The van der Waals surface area contributed by atoms with Crippen LogP contribution in [0, 0.1) is 5.92 Å². The predicted octanol–water partition coefficient (Wildman–Crippen LogP) is 0.849. The number of pyridine rings is 1. The molecule has 1 aliphatic carbocycles. The highest BCUT2D eigenvalue weighted by Gasteiger charge is 2.50. The molecule has 1 aromatic heterocycles. The van der Waals surface area contributed by atoms with Crippen LogP contribution < -0.4 is 10.5 Å². The van der Waals surface area contributed by atoms with Gasteiger partial charge in [0.2, 0.25) is 10.0 Å². The lowest BCUT2D eigenvalue weighted by atomic mass is 9.98. The zero-order chi connectivity index (χ0) is 15.1. The van der Waals surface area contributed by atoms with Crippen LogP contribution in [-0.4, -0.2) is 30.0 Å². The van der Waals surface area contributed by atoms with Gasteiger partial charge in [-0.2, -0.15) is 4.72 Å². The van der Waals surface area contributed by atoms with Gasteiger partial charge in [-0.05, 0) is 31.7 Å². The number of nitrogens with zero attached hydrogens (tertiary/aromatic N) is 1. The lowest BCUT2D eigenvalue weighted by Crippen LogP contribution is -2.53. The first kappa shape index (κ1) is 15.0. The third-order valence-electron chi connectivity index (χ3n) is 3.32. The zero-order valence-corrected chi connectivity index (χ0v) is 12.2. The van der Waals surface area contributed by atoms with Crippen molar-refractivity contribution in [3.8, 4) is 0 Å². The summed E-state index contributed by atoms with van der Waals surface area (Å²) in [6, 6.07) is 1.14. The first-order chi connectivity index (χ1) is 9.17. The molecule has 0 bridgehead atoms. The van der Waals surface area contributed by atoms with Crippen molar-refractivity contribution in [1.29, 1.82) is 0 Å². The van der Waals surface area contributed by atoms with Gasteiger partial charge in [-0.15, -0.1) is 0 Å². The van der Waals surface area contributed by atoms with Crippen LogP contribution >= 0.6 is 11.6 Å². The zero-order valence-electron chi connectivity index (χ0n) is 10.6. The molecule has 9 heteroatoms. The van der Waals surface area contributed by atoms with Gasteiger partial charge in [-0.25, -0.2) is 13.4 Å². The van der Waals surface area contributed by atoms with Gasteiger partial charge in [0.1, 0.15) is 16.3 Å². The number of hydrogen-bond acceptors (Lipinski definition) is 5. The number of nitrogens with one attached hydrogen (secondary N) is 1. The van der Waals surface area contributed by atoms with Gasteiger partial charge in [0, 0.05) is 6.20 Å². The van der Waals surface area contributed by atoms with Crippen molar-refractivity contribution in [3.63, 3.8) is 0 Å². The number of aromatic nitrogens is 1. The van der Waals surface area contributed by atoms with Crippen LogP contribution in [0.1, 0.15) is 19.8 Å². The van der Waals surface area contributed by atoms with Crippen molar-refractivity contribution in [2.75, 3.05) is 5.73 Å². The molecule has 4 N–H and O–H groups in total. The van der Waals surface area contributed by atoms with Crippen molar-refractivity contribution < 1.29 is 18.3 Å². The first-order valence-corrected chi connectivity index (χ1v) is 7.71. The lowest BCUT2D eigenvalue weighted by Gasteiger charge is -2.26. The Hall–Kier alpha value is -1.38. The number of aliphatic carboxylic acids is 1. The number of nitrogen functional groups attached to an aromatic ring is 1. The van der Waals surface area contributed by atoms with Crippen LogP contribution in [0.3, 0.4) is 0 Å². The Morgan fingerprint density at radius 2 is 2.20 bits per heavy atom. The third kappa shape index (κ3) is 2.72. The molecule has 1 fully saturated rings. The second kappa shape index (κ2) is 4.87. The molecule has 1 heterocycles. The number of carboxylic acids is 1. The fourth-order valence-corrected chi connectivity index (χ4v) is 3.70. The highest BCUT2D eigenvalue weighted by molar-refractivity contribution is 7.89. The Kier molecular flexibility index (Phi) is 3.66. The SMILES string of the molecule is CC(NS(=O)(=O)c1cc(Cl)cnc1N)(C(=O)O)C1CC1. The number of carbonyl (C=O) groups is 1. The molecular formula is C11H14ClN3O4S. The minimum atomic E-state index is -4.12. The Balaban J connectivity index is 2.40. The molecule has 7 nitrogen and oxygen atoms in total. The molecule has 110 valence electrons. The summed E-state index contributed by atoms with van der Waals surface area (Å²) in [6.45, 7) is 1.35. The van der Waals surface area contributed by atoms with E-state index in [4.69, 9.17) is 17.3 Å². The summed E-state index contributed by atoms with van der Waals surface area (Å²) in [5, 5.41) is 9.38. The molecule has 0 amide bonds. The number of hydrogen-bond donors (Lipinski definition) is 3. The van der Waals surface area contributed by atoms with Crippen molar-refractivity contribution in [2.45, 2.75) is 30.2 Å². The summed E-state index contributed by atoms with van der Waals surface area (Å²) in [4.78, 5) is 14.7. The van der Waals surface area contributed by atoms with E-state index < -0.39 is 21.5 Å². The molecular weight excluding hydrogens is 306 g/mol. The van der Waals surface area contributed by atoms with E-state index in [2.05, 4.69) is 9.71 Å². The van der Waals surface area contributed by atoms with Gasteiger partial charge in [0.15, 0.2) is 0 Å². The second-order valence-corrected chi connectivity index (χ2v) is 7.01. The summed E-state index contributed by atoms with van der Waals surface area (Å²) in [6.07, 6.45) is 2.54. The van der Waals surface area contributed by atoms with Crippen LogP contribution in [0.4, 0.5) is 5.82 Å². The summed E-state index contributed by atoms with van der Waals surface area (Å²) in [5.41, 5.74) is 3.96. The summed E-state index contributed by atoms with van der Waals surface area (Å²) >= 11 is 5.70. The highest BCUT2D eigenvalue weighted by atomic mass is 35.5. The Bertz CT molecular complexity index is 660. The Morgan fingerprint density at radius 3 is 2.70 bits per heavy atom. The van der Waals surface area contributed by atoms with Crippen LogP contribution in [0.15, 0.2) is 17.2 Å². The van der Waals surface area contributed by atoms with Crippen molar-refractivity contribution in [3.05, 3.63) is 17.3 Å². The van der Waals surface area contributed by atoms with E-state index in [1.807, 2.05) is 0 Å². The van der Waals surface area contributed by atoms with Crippen molar-refractivity contribution >= 4 is 33.4 Å². The third-order valence-corrected chi connectivity index (χ3v) is 5.13. The molecule has 0 saturated heterocycles. The molecule has 0 aliphatic heterocycles. The van der Waals surface area contributed by atoms with Crippen LogP contribution in [0.5, 0.6) is 0 Å². The quantitative estimate of drug-likeness (QED) is 0.739. The summed E-state index contributed by atoms with van der Waals surface area (Å²) in [5.74, 6) is -1.69. The molecule has 1 unspecified atom stereocenters. The van der Waals surface area contributed by atoms with Gasteiger partial charge >= 0.3 is 5.97 Å². The smallest absolute Gasteiger partial charge is 0.324 e. The van der Waals surface area contributed by atoms with Gasteiger partial charge < -0.3 is 10.8 Å². The molecule has 1 atom stereocenters. The average Bonchev–Trinajstić information content (AvgIpc) is 3.15. The number of carboxylic acid groups (broad SMARTS) is 1. The minimum absolute atomic E-state index is 0.100. The van der Waals surface area contributed by atoms with E-state index in [-0.39, 0.29) is 21.7 Å². The predicted molar refractivity (Wildman–Crippen MR) is 72.7 cm³/mol. The van der Waals surface area contributed by atoms with Gasteiger partial charge in [0.05, 0.1) is 5.02 Å². The number of rotatable bonds is 5. The number of nitrogens with two attached hydrogens (primary N) is 1. The molecule has 20 heavy (non-hydrogen) atoms. The maximum Gasteiger partial charge on any atom is 0.324 e. The Labute approximate surface area is 121 Å². The average molecular weight is 320 g/mol. The van der Waals surface area contributed by atoms with Crippen molar-refractivity contribution in [1.82, 2.24) is 9.71 Å². The van der Waals surface area contributed by atoms with Crippen molar-refractivity contribution in [2.24, 2.45) is 5.92 Å².